The highest BCUT2D eigenvalue weighted by Crippen LogP contribution is 2.24. The molecule has 2 aliphatic heterocycles. The third-order valence-electron chi connectivity index (χ3n) is 12.0. The van der Waals surface area contributed by atoms with Gasteiger partial charge < -0.3 is 25.8 Å². The number of nitrogens with one attached hydrogen (secondary N) is 3. The van der Waals surface area contributed by atoms with Crippen molar-refractivity contribution in [1.29, 1.82) is 0 Å². The highest BCUT2D eigenvalue weighted by molar-refractivity contribution is 7.09. The number of benzene rings is 5. The quantitative estimate of drug-likeness (QED) is 0.0859. The molecule has 0 saturated carbocycles. The average molecular weight is 918 g/mol. The first kappa shape index (κ1) is 47.8. The summed E-state index contributed by atoms with van der Waals surface area (Å²) in [6, 6.07) is 44.1. The summed E-state index contributed by atoms with van der Waals surface area (Å²) >= 11 is 1.47. The highest BCUT2D eigenvalue weighted by atomic mass is 32.1. The number of thiophene rings is 1. The van der Waals surface area contributed by atoms with Gasteiger partial charge in [-0.25, -0.2) is 0 Å². The van der Waals surface area contributed by atoms with Crippen molar-refractivity contribution in [2.24, 2.45) is 11.8 Å². The van der Waals surface area contributed by atoms with E-state index in [2.05, 4.69) is 16.0 Å². The van der Waals surface area contributed by atoms with Gasteiger partial charge in [-0.3, -0.25) is 28.8 Å². The molecule has 6 aromatic rings. The van der Waals surface area contributed by atoms with Crippen LogP contribution in [0.5, 0.6) is 5.75 Å². The fraction of sp³-hybridized carbons (Fsp3) is 0.273. The molecule has 344 valence electrons. The summed E-state index contributed by atoms with van der Waals surface area (Å²) in [5.41, 5.74) is 5.25. The molecule has 3 amide bonds. The normalized spacial score (nSPS) is 18.9. The van der Waals surface area contributed by atoms with Gasteiger partial charge in [-0.15, -0.1) is 11.3 Å². The van der Waals surface area contributed by atoms with Gasteiger partial charge in [0, 0.05) is 42.0 Å². The van der Waals surface area contributed by atoms with Crippen LogP contribution in [-0.2, 0) is 60.9 Å². The van der Waals surface area contributed by atoms with Crippen LogP contribution in [0.1, 0.15) is 52.8 Å². The maximum Gasteiger partial charge on any atom is 0.305 e. The molecule has 8 rings (SSSR count). The molecular weight excluding hydrogens is 863 g/mol. The zero-order chi connectivity index (χ0) is 47.0. The standard InChI is InChI=1S/C55H55N3O8S/c59-46-32-44(33-48-17-10-28-67-48)54(64)58-50(31-40-18-23-42(24-19-40)41-15-8-3-9-16-41)55(65)57-49(27-22-37-11-4-1-5-12-37)51(60)34-43(29-39-20-25-47(26-21-39)66-36-46)53(63)56-45(35-52(61)62)30-38-13-6-2-7-14-38/h1-21,23-26,28,43-45,49-50H,22,27,29-36H2,(H,56,63)(H,57,65)(H,58,64)(H,61,62)/t43-,44+,45+,49+,50-/m1/s1. The smallest absolute Gasteiger partial charge is 0.305 e. The van der Waals surface area contributed by atoms with Gasteiger partial charge in [-0.1, -0.05) is 133 Å². The lowest BCUT2D eigenvalue weighted by Gasteiger charge is -2.26. The lowest BCUT2D eigenvalue weighted by molar-refractivity contribution is -0.138. The minimum Gasteiger partial charge on any atom is -0.486 e. The van der Waals surface area contributed by atoms with Crippen LogP contribution in [0.15, 0.2) is 157 Å². The molecule has 2 aliphatic rings. The van der Waals surface area contributed by atoms with Crippen molar-refractivity contribution >= 4 is 46.6 Å². The second-order valence-electron chi connectivity index (χ2n) is 17.1. The van der Waals surface area contributed by atoms with Crippen LogP contribution >= 0.6 is 11.3 Å². The number of aliphatic carboxylic acids is 1. The molecular formula is C55H55N3O8S. The molecule has 2 bridgehead atoms. The Morgan fingerprint density at radius 2 is 1.30 bits per heavy atom. The van der Waals surface area contributed by atoms with E-state index < -0.39 is 59.4 Å². The molecule has 5 atom stereocenters. The number of ether oxygens (including phenoxy) is 1. The first-order valence-corrected chi connectivity index (χ1v) is 23.6. The van der Waals surface area contributed by atoms with E-state index in [-0.39, 0.29) is 63.8 Å². The van der Waals surface area contributed by atoms with Crippen molar-refractivity contribution in [3.63, 3.8) is 0 Å². The molecule has 0 spiro atoms. The fourth-order valence-corrected chi connectivity index (χ4v) is 9.20. The summed E-state index contributed by atoms with van der Waals surface area (Å²) in [4.78, 5) is 84.8. The lowest BCUT2D eigenvalue weighted by atomic mass is 9.89. The Hall–Kier alpha value is -7.18. The number of carboxylic acid groups (broad SMARTS) is 1. The van der Waals surface area contributed by atoms with Crippen molar-refractivity contribution in [3.8, 4) is 16.9 Å². The molecule has 5 aromatic carbocycles. The van der Waals surface area contributed by atoms with E-state index in [1.807, 2.05) is 133 Å². The monoisotopic (exact) mass is 917 g/mol. The number of aryl methyl sites for hydroxylation is 1. The second-order valence-corrected chi connectivity index (χ2v) is 18.2. The maximum absolute atomic E-state index is 14.8. The summed E-state index contributed by atoms with van der Waals surface area (Å²) in [6.45, 7) is -0.291. The van der Waals surface area contributed by atoms with Gasteiger partial charge in [0.25, 0.3) is 0 Å². The predicted molar refractivity (Wildman–Crippen MR) is 258 cm³/mol. The Morgan fingerprint density at radius 1 is 0.657 bits per heavy atom. The SMILES string of the molecule is O=C(O)C[C@H](Cc1ccccc1)NC(=O)[C@H]1CC(=O)[C@H](CCc2ccccc2)NC(=O)[C@@H](Cc2ccc(-c3ccccc3)cc2)NC(=O)[C@H](Cc2cccs2)CC(=O)COc2ccc(cc2)C1. The number of amides is 3. The van der Waals surface area contributed by atoms with E-state index in [9.17, 15) is 33.9 Å². The molecule has 67 heavy (non-hydrogen) atoms. The molecule has 0 fully saturated rings. The van der Waals surface area contributed by atoms with E-state index in [4.69, 9.17) is 4.74 Å². The molecule has 4 N–H and O–H groups in total. The Morgan fingerprint density at radius 3 is 1.96 bits per heavy atom. The summed E-state index contributed by atoms with van der Waals surface area (Å²) in [5, 5.41) is 20.7. The Bertz CT molecular complexity index is 2570. The average Bonchev–Trinajstić information content (AvgIpc) is 3.86. The van der Waals surface area contributed by atoms with Gasteiger partial charge in [0.2, 0.25) is 17.7 Å². The Labute approximate surface area is 395 Å². The minimum atomic E-state index is -1.15. The minimum absolute atomic E-state index is 0.0837. The second kappa shape index (κ2) is 23.8. The van der Waals surface area contributed by atoms with Gasteiger partial charge in [0.1, 0.15) is 18.4 Å². The van der Waals surface area contributed by atoms with Gasteiger partial charge >= 0.3 is 5.97 Å². The largest absolute Gasteiger partial charge is 0.486 e. The summed E-state index contributed by atoms with van der Waals surface area (Å²) < 4.78 is 5.90. The molecule has 1 aromatic heterocycles. The van der Waals surface area contributed by atoms with E-state index >= 15 is 0 Å². The third kappa shape index (κ3) is 14.7. The molecule has 0 unspecified atom stereocenters. The molecule has 12 heteroatoms. The first-order valence-electron chi connectivity index (χ1n) is 22.7. The number of Topliss-reactive ketones (excluding diaryl/α,β-unsaturated/α-hetero) is 2. The summed E-state index contributed by atoms with van der Waals surface area (Å²) in [6.07, 6.45) is 0.611. The Balaban J connectivity index is 1.22. The topological polar surface area (TPSA) is 168 Å². The van der Waals surface area contributed by atoms with E-state index in [0.717, 1.165) is 32.7 Å². The van der Waals surface area contributed by atoms with Crippen molar-refractivity contribution in [1.82, 2.24) is 16.0 Å². The summed E-state index contributed by atoms with van der Waals surface area (Å²) in [7, 11) is 0. The third-order valence-corrected chi connectivity index (χ3v) is 12.9. The van der Waals surface area contributed by atoms with Crippen LogP contribution in [0.3, 0.4) is 0 Å². The van der Waals surface area contributed by atoms with E-state index in [0.29, 0.717) is 17.7 Å². The molecule has 3 heterocycles. The lowest BCUT2D eigenvalue weighted by Crippen LogP contribution is -2.54. The van der Waals surface area contributed by atoms with Crippen LogP contribution in [-0.4, -0.2) is 65.1 Å². The van der Waals surface area contributed by atoms with E-state index in [1.54, 1.807) is 24.3 Å². The van der Waals surface area contributed by atoms with Crippen molar-refractivity contribution in [2.45, 2.75) is 75.9 Å². The first-order chi connectivity index (χ1) is 32.5. The van der Waals surface area contributed by atoms with Gasteiger partial charge in [-0.2, -0.15) is 0 Å². The number of hydrogen-bond acceptors (Lipinski definition) is 8. The number of carbonyl (C=O) groups excluding carboxylic acids is 5. The zero-order valence-corrected chi connectivity index (χ0v) is 38.0. The molecule has 11 nitrogen and oxygen atoms in total. The zero-order valence-electron chi connectivity index (χ0n) is 37.2. The predicted octanol–water partition coefficient (Wildman–Crippen LogP) is 7.79. The van der Waals surface area contributed by atoms with Crippen LogP contribution in [0.25, 0.3) is 11.1 Å². The van der Waals surface area contributed by atoms with Crippen LogP contribution in [0.2, 0.25) is 0 Å². The van der Waals surface area contributed by atoms with Gasteiger partial charge in [0.05, 0.1) is 12.5 Å². The number of carboxylic acids is 1. The van der Waals surface area contributed by atoms with Crippen molar-refractivity contribution < 1.29 is 38.6 Å². The van der Waals surface area contributed by atoms with E-state index in [1.165, 1.54) is 11.3 Å². The molecule has 0 radical (unpaired) electrons. The highest BCUT2D eigenvalue weighted by Gasteiger charge is 2.33. The van der Waals surface area contributed by atoms with Crippen LogP contribution in [0, 0.1) is 11.8 Å². The van der Waals surface area contributed by atoms with Crippen LogP contribution in [0.4, 0.5) is 0 Å². The maximum atomic E-state index is 14.8. The van der Waals surface area contributed by atoms with Crippen molar-refractivity contribution in [2.75, 3.05) is 6.61 Å². The number of ketones is 2. The van der Waals surface area contributed by atoms with Gasteiger partial charge in [0.15, 0.2) is 11.6 Å². The van der Waals surface area contributed by atoms with Crippen LogP contribution < -0.4 is 20.7 Å². The molecule has 0 aliphatic carbocycles. The number of hydrogen-bond donors (Lipinski definition) is 4. The van der Waals surface area contributed by atoms with Crippen molar-refractivity contribution in [3.05, 3.63) is 184 Å². The number of fused-ring (bicyclic) bond motifs is 16. The molecule has 0 saturated heterocycles. The number of carbonyl (C=O) groups is 6. The summed E-state index contributed by atoms with van der Waals surface area (Å²) in [5.74, 6) is -4.72. The van der Waals surface area contributed by atoms with Gasteiger partial charge in [-0.05, 0) is 89.1 Å². The number of rotatable bonds is 14. The fourth-order valence-electron chi connectivity index (χ4n) is 8.42. The Kier molecular flexibility index (Phi) is 17.0.